The van der Waals surface area contributed by atoms with E-state index >= 15 is 4.79 Å². The van der Waals surface area contributed by atoms with Gasteiger partial charge in [0.15, 0.2) is 5.54 Å². The fourth-order valence-corrected chi connectivity index (χ4v) is 9.73. The molecule has 4 aliphatic heterocycles. The van der Waals surface area contributed by atoms with E-state index in [0.29, 0.717) is 29.2 Å². The third-order valence-corrected chi connectivity index (χ3v) is 12.8. The first-order valence-electron chi connectivity index (χ1n) is 18.2. The minimum Gasteiger partial charge on any atom is -0.497 e. The molecule has 2 N–H and O–H groups in total. The Balaban J connectivity index is 1.21. The summed E-state index contributed by atoms with van der Waals surface area (Å²) >= 11 is 0. The Labute approximate surface area is 315 Å². The molecule has 3 amide bonds. The maximum atomic E-state index is 15.2. The van der Waals surface area contributed by atoms with E-state index in [4.69, 9.17) is 14.2 Å². The van der Waals surface area contributed by atoms with E-state index < -0.39 is 27.5 Å². The second-order valence-corrected chi connectivity index (χ2v) is 15.8. The lowest BCUT2D eigenvalue weighted by Gasteiger charge is -2.49. The number of hydrogen-bond acceptors (Lipinski definition) is 12. The minimum atomic E-state index is -4.71. The number of likely N-dealkylation sites (tertiary alicyclic amines) is 3. The van der Waals surface area contributed by atoms with Crippen molar-refractivity contribution in [1.82, 2.24) is 25.0 Å². The average molecular weight is 760 g/mol. The van der Waals surface area contributed by atoms with Crippen LogP contribution in [0.15, 0.2) is 59.6 Å². The van der Waals surface area contributed by atoms with Crippen molar-refractivity contribution < 1.29 is 37.3 Å². The molecule has 54 heavy (non-hydrogen) atoms. The standard InChI is InChI=1S/C38H45N7O8S/c1-4-53-35-30(6-5-15-40-35)38(41-37(48)44-23-27(24-44)43-16-11-26(12-17-43)42-18-13-28(46)14-19-42)31-20-25(22-39)7-9-32(31)45(36(38)47)54(49,50)34-10-8-29(51-2)21-33(34)52-3/h5-10,15,20-21,26-28,46H,4,11-14,16-19,23-24H2,1-3H3,(H,41,48). The number of nitriles is 1. The van der Waals surface area contributed by atoms with Crippen LogP contribution in [-0.4, -0.2) is 123 Å². The summed E-state index contributed by atoms with van der Waals surface area (Å²) in [6.07, 6.45) is 4.91. The number of carbonyl (C=O) groups is 2. The lowest BCUT2D eigenvalue weighted by molar-refractivity contribution is -0.121. The molecule has 3 aromatic rings. The summed E-state index contributed by atoms with van der Waals surface area (Å²) in [6.45, 7) is 6.36. The first-order valence-corrected chi connectivity index (χ1v) is 19.7. The van der Waals surface area contributed by atoms with Crippen molar-refractivity contribution in [2.24, 2.45) is 0 Å². The zero-order valence-corrected chi connectivity index (χ0v) is 31.4. The summed E-state index contributed by atoms with van der Waals surface area (Å²) in [6, 6.07) is 13.6. The Morgan fingerprint density at radius 2 is 1.69 bits per heavy atom. The zero-order chi connectivity index (χ0) is 38.2. The van der Waals surface area contributed by atoms with Crippen LogP contribution < -0.4 is 23.8 Å². The number of sulfonamides is 1. The van der Waals surface area contributed by atoms with Crippen LogP contribution in [0.3, 0.4) is 0 Å². The molecule has 3 saturated heterocycles. The normalized spacial score (nSPS) is 21.6. The van der Waals surface area contributed by atoms with E-state index in [1.54, 1.807) is 24.0 Å². The van der Waals surface area contributed by atoms with Crippen molar-refractivity contribution in [3.8, 4) is 23.4 Å². The molecule has 0 bridgehead atoms. The molecule has 0 aliphatic carbocycles. The number of aliphatic hydroxyl groups excluding tert-OH is 1. The van der Waals surface area contributed by atoms with Gasteiger partial charge in [-0.15, -0.1) is 0 Å². The smallest absolute Gasteiger partial charge is 0.318 e. The highest BCUT2D eigenvalue weighted by molar-refractivity contribution is 7.93. The summed E-state index contributed by atoms with van der Waals surface area (Å²) in [5.41, 5.74) is -1.86. The van der Waals surface area contributed by atoms with Crippen molar-refractivity contribution in [2.45, 2.75) is 61.2 Å². The molecule has 0 spiro atoms. The van der Waals surface area contributed by atoms with Gasteiger partial charge in [-0.2, -0.15) is 9.57 Å². The van der Waals surface area contributed by atoms with Crippen molar-refractivity contribution in [1.29, 1.82) is 5.26 Å². The highest BCUT2D eigenvalue weighted by Crippen LogP contribution is 2.50. The number of methoxy groups -OCH3 is 2. The molecule has 16 heteroatoms. The van der Waals surface area contributed by atoms with Gasteiger partial charge in [0.05, 0.1) is 49.8 Å². The largest absolute Gasteiger partial charge is 0.497 e. The van der Waals surface area contributed by atoms with E-state index in [9.17, 15) is 23.6 Å². The molecule has 1 atom stereocenters. The summed E-state index contributed by atoms with van der Waals surface area (Å²) in [5, 5.41) is 22.8. The van der Waals surface area contributed by atoms with Crippen LogP contribution >= 0.6 is 0 Å². The first-order chi connectivity index (χ1) is 26.0. The summed E-state index contributed by atoms with van der Waals surface area (Å²) in [7, 11) is -1.96. The molecule has 4 aliphatic rings. The number of piperidine rings is 2. The maximum absolute atomic E-state index is 15.2. The fourth-order valence-electron chi connectivity index (χ4n) is 8.12. The number of urea groups is 1. The van der Waals surface area contributed by atoms with Gasteiger partial charge in [-0.3, -0.25) is 9.69 Å². The fraction of sp³-hybridized carbons (Fsp3) is 0.474. The third kappa shape index (κ3) is 6.48. The molecule has 2 aromatic carbocycles. The highest BCUT2D eigenvalue weighted by atomic mass is 32.2. The third-order valence-electron chi connectivity index (χ3n) is 11.1. The molecule has 0 saturated carbocycles. The second kappa shape index (κ2) is 15.1. The average Bonchev–Trinajstić information content (AvgIpc) is 3.42. The predicted octanol–water partition coefficient (Wildman–Crippen LogP) is 2.66. The molecule has 15 nitrogen and oxygen atoms in total. The van der Waals surface area contributed by atoms with Crippen molar-refractivity contribution in [3.05, 3.63) is 71.4 Å². The lowest BCUT2D eigenvalue weighted by Crippen LogP contribution is -2.67. The first kappa shape index (κ1) is 37.4. The van der Waals surface area contributed by atoms with Gasteiger partial charge in [0.1, 0.15) is 16.4 Å². The Bertz CT molecular complexity index is 2050. The number of aliphatic hydroxyl groups is 1. The van der Waals surface area contributed by atoms with Crippen molar-refractivity contribution >= 4 is 27.6 Å². The van der Waals surface area contributed by atoms with Gasteiger partial charge in [-0.25, -0.2) is 18.2 Å². The second-order valence-electron chi connectivity index (χ2n) is 14.0. The molecular formula is C38H45N7O8S. The van der Waals surface area contributed by atoms with Gasteiger partial charge in [-0.1, -0.05) is 0 Å². The Morgan fingerprint density at radius 1 is 0.981 bits per heavy atom. The monoisotopic (exact) mass is 759 g/mol. The van der Waals surface area contributed by atoms with Gasteiger partial charge in [-0.05, 0) is 75.1 Å². The SMILES string of the molecule is CCOc1ncccc1C1(NC(=O)N2CC(N3CCC(N4CCC(O)CC4)CC3)C2)C(=O)N(S(=O)(=O)c2ccc(OC)cc2OC)c2ccc(C#N)cc21. The van der Waals surface area contributed by atoms with Crippen LogP contribution in [0.5, 0.6) is 17.4 Å². The maximum Gasteiger partial charge on any atom is 0.318 e. The van der Waals surface area contributed by atoms with Gasteiger partial charge in [0.2, 0.25) is 5.88 Å². The summed E-state index contributed by atoms with van der Waals surface area (Å²) < 4.78 is 46.5. The highest BCUT2D eigenvalue weighted by Gasteiger charge is 2.59. The number of aromatic nitrogens is 1. The number of amides is 3. The van der Waals surface area contributed by atoms with Gasteiger partial charge in [0, 0.05) is 69.2 Å². The number of fused-ring (bicyclic) bond motifs is 1. The lowest BCUT2D eigenvalue weighted by atomic mass is 9.83. The quantitative estimate of drug-likeness (QED) is 0.310. The van der Waals surface area contributed by atoms with Crippen LogP contribution in [-0.2, 0) is 20.4 Å². The molecule has 1 aromatic heterocycles. The van der Waals surface area contributed by atoms with Crippen LogP contribution in [0.25, 0.3) is 0 Å². The number of benzene rings is 2. The molecule has 7 rings (SSSR count). The Hall–Kier alpha value is -4.95. The summed E-state index contributed by atoms with van der Waals surface area (Å²) in [5.74, 6) is -0.690. The van der Waals surface area contributed by atoms with Gasteiger partial charge < -0.3 is 34.4 Å². The van der Waals surface area contributed by atoms with Gasteiger partial charge >= 0.3 is 6.03 Å². The van der Waals surface area contributed by atoms with Crippen LogP contribution in [0.2, 0.25) is 0 Å². The number of nitrogens with zero attached hydrogens (tertiary/aromatic N) is 6. The zero-order valence-electron chi connectivity index (χ0n) is 30.6. The van der Waals surface area contributed by atoms with E-state index in [2.05, 4.69) is 26.2 Å². The van der Waals surface area contributed by atoms with E-state index in [0.717, 1.165) is 51.9 Å². The predicted molar refractivity (Wildman–Crippen MR) is 197 cm³/mol. The van der Waals surface area contributed by atoms with E-state index in [1.807, 2.05) is 0 Å². The number of ether oxygens (including phenoxy) is 3. The number of pyridine rings is 1. The number of carbonyl (C=O) groups excluding carboxylic acids is 2. The minimum absolute atomic E-state index is 0.0239. The van der Waals surface area contributed by atoms with Gasteiger partial charge in [0.25, 0.3) is 15.9 Å². The molecule has 5 heterocycles. The molecule has 1 unspecified atom stereocenters. The Kier molecular flexibility index (Phi) is 10.4. The van der Waals surface area contributed by atoms with Crippen molar-refractivity contribution in [3.63, 3.8) is 0 Å². The summed E-state index contributed by atoms with van der Waals surface area (Å²) in [4.78, 5) is 40.1. The van der Waals surface area contributed by atoms with Crippen molar-refractivity contribution in [2.75, 3.05) is 64.4 Å². The molecule has 3 fully saturated rings. The molecule has 0 radical (unpaired) electrons. The molecular weight excluding hydrogens is 715 g/mol. The van der Waals surface area contributed by atoms with E-state index in [-0.39, 0.29) is 57.7 Å². The van der Waals surface area contributed by atoms with Crippen LogP contribution in [0.4, 0.5) is 10.5 Å². The number of rotatable bonds is 10. The number of hydrogen-bond donors (Lipinski definition) is 2. The Morgan fingerprint density at radius 3 is 2.35 bits per heavy atom. The number of nitrogens with one attached hydrogen (secondary N) is 1. The topological polar surface area (TPSA) is 178 Å². The van der Waals surface area contributed by atoms with Crippen LogP contribution in [0.1, 0.15) is 49.3 Å². The number of anilines is 1. The van der Waals surface area contributed by atoms with E-state index in [1.165, 1.54) is 56.8 Å². The molecule has 286 valence electrons. The van der Waals surface area contributed by atoms with Crippen LogP contribution in [0, 0.1) is 11.3 Å².